The van der Waals surface area contributed by atoms with E-state index in [2.05, 4.69) is 0 Å². The van der Waals surface area contributed by atoms with Crippen molar-refractivity contribution in [3.8, 4) is 6.07 Å². The van der Waals surface area contributed by atoms with Gasteiger partial charge in [-0.15, -0.1) is 0 Å². The lowest BCUT2D eigenvalue weighted by molar-refractivity contribution is -0.131. The Morgan fingerprint density at radius 1 is 1.17 bits per heavy atom. The first-order chi connectivity index (χ1) is 11.4. The molecular formula is C17H21N3O3S. The number of nitrogens with zero attached hydrogens (tertiary/aromatic N) is 3. The van der Waals surface area contributed by atoms with Crippen LogP contribution in [0.4, 0.5) is 0 Å². The molecule has 0 radical (unpaired) electrons. The lowest BCUT2D eigenvalue weighted by atomic mass is 9.86. The number of hydrogen-bond donors (Lipinski definition) is 0. The summed E-state index contributed by atoms with van der Waals surface area (Å²) in [5.41, 5.74) is 0.275. The Bertz CT molecular complexity index is 772. The van der Waals surface area contributed by atoms with E-state index in [1.807, 2.05) is 17.9 Å². The largest absolute Gasteiger partial charge is 0.337 e. The molecule has 0 bridgehead atoms. The molecular weight excluding hydrogens is 326 g/mol. The van der Waals surface area contributed by atoms with Crippen molar-refractivity contribution in [2.75, 3.05) is 19.6 Å². The van der Waals surface area contributed by atoms with Crippen molar-refractivity contribution >= 4 is 15.9 Å². The maximum absolute atomic E-state index is 12.8. The van der Waals surface area contributed by atoms with E-state index in [4.69, 9.17) is 5.26 Å². The Kier molecular flexibility index (Phi) is 4.37. The summed E-state index contributed by atoms with van der Waals surface area (Å²) in [5, 5.41) is 8.83. The average Bonchev–Trinajstić information content (AvgIpc) is 2.90. The van der Waals surface area contributed by atoms with E-state index in [-0.39, 0.29) is 16.3 Å². The van der Waals surface area contributed by atoms with Gasteiger partial charge >= 0.3 is 0 Å². The molecule has 0 aliphatic carbocycles. The van der Waals surface area contributed by atoms with Gasteiger partial charge in [0.05, 0.1) is 16.5 Å². The average molecular weight is 347 g/mol. The molecule has 2 fully saturated rings. The molecule has 6 nitrogen and oxygen atoms in total. The number of rotatable bonds is 3. The van der Waals surface area contributed by atoms with E-state index in [9.17, 15) is 13.2 Å². The summed E-state index contributed by atoms with van der Waals surface area (Å²) in [7, 11) is -3.55. The zero-order chi connectivity index (χ0) is 17.4. The van der Waals surface area contributed by atoms with Crippen molar-refractivity contribution in [2.45, 2.75) is 43.0 Å². The third-order valence-electron chi connectivity index (χ3n) is 5.27. The fraction of sp³-hybridized carbons (Fsp3) is 0.529. The van der Waals surface area contributed by atoms with Crippen LogP contribution in [-0.4, -0.2) is 48.7 Å². The summed E-state index contributed by atoms with van der Waals surface area (Å²) in [6.45, 7) is 3.50. The van der Waals surface area contributed by atoms with Crippen molar-refractivity contribution in [1.29, 1.82) is 5.26 Å². The molecule has 24 heavy (non-hydrogen) atoms. The molecule has 0 saturated carbocycles. The predicted octanol–water partition coefficient (Wildman–Crippen LogP) is 1.72. The van der Waals surface area contributed by atoms with Crippen LogP contribution in [0.2, 0.25) is 0 Å². The monoisotopic (exact) mass is 347 g/mol. The van der Waals surface area contributed by atoms with Crippen molar-refractivity contribution in [1.82, 2.24) is 9.21 Å². The van der Waals surface area contributed by atoms with E-state index in [1.165, 1.54) is 28.6 Å². The van der Waals surface area contributed by atoms with E-state index in [1.54, 1.807) is 0 Å². The highest BCUT2D eigenvalue weighted by Gasteiger charge is 2.47. The minimum atomic E-state index is -3.55. The van der Waals surface area contributed by atoms with Gasteiger partial charge in [-0.25, -0.2) is 8.42 Å². The molecule has 1 amide bonds. The Labute approximate surface area is 142 Å². The third kappa shape index (κ3) is 2.70. The van der Waals surface area contributed by atoms with Crippen molar-refractivity contribution in [3.05, 3.63) is 29.8 Å². The van der Waals surface area contributed by atoms with Gasteiger partial charge in [-0.3, -0.25) is 4.79 Å². The van der Waals surface area contributed by atoms with Crippen molar-refractivity contribution < 1.29 is 13.2 Å². The number of hydrogen-bond acceptors (Lipinski definition) is 4. The molecule has 7 heteroatoms. The smallest absolute Gasteiger partial charge is 0.243 e. The van der Waals surface area contributed by atoms with Gasteiger partial charge < -0.3 is 4.90 Å². The molecule has 1 spiro atoms. The Balaban J connectivity index is 1.76. The summed E-state index contributed by atoms with van der Waals surface area (Å²) in [5.74, 6) is 0.181. The van der Waals surface area contributed by atoms with E-state index in [0.29, 0.717) is 44.5 Å². The maximum Gasteiger partial charge on any atom is 0.243 e. The first kappa shape index (κ1) is 16.9. The molecule has 1 aromatic carbocycles. The van der Waals surface area contributed by atoms with Crippen LogP contribution >= 0.6 is 0 Å². The van der Waals surface area contributed by atoms with Gasteiger partial charge in [0.25, 0.3) is 0 Å². The molecule has 128 valence electrons. The number of carbonyl (C=O) groups is 1. The maximum atomic E-state index is 12.8. The number of likely N-dealkylation sites (tertiary alicyclic amines) is 1. The molecule has 3 rings (SSSR count). The summed E-state index contributed by atoms with van der Waals surface area (Å²) >= 11 is 0. The van der Waals surface area contributed by atoms with Crippen LogP contribution < -0.4 is 0 Å². The first-order valence-corrected chi connectivity index (χ1v) is 9.68. The van der Waals surface area contributed by atoms with Crippen LogP contribution in [0.3, 0.4) is 0 Å². The standard InChI is InChI=1S/C17H21N3O3S/c1-2-20-16(21)7-8-17(20)9-11-19(12-10-17)24(22,23)15-5-3-14(13-18)4-6-15/h3-6H,2,7-12H2,1H3. The Morgan fingerprint density at radius 3 is 2.33 bits per heavy atom. The molecule has 0 aromatic heterocycles. The zero-order valence-corrected chi connectivity index (χ0v) is 14.6. The predicted molar refractivity (Wildman–Crippen MR) is 88.5 cm³/mol. The highest BCUT2D eigenvalue weighted by Crippen LogP contribution is 2.39. The van der Waals surface area contributed by atoms with E-state index < -0.39 is 10.0 Å². The topological polar surface area (TPSA) is 81.5 Å². The molecule has 0 atom stereocenters. The van der Waals surface area contributed by atoms with Crippen LogP contribution in [0.5, 0.6) is 0 Å². The van der Waals surface area contributed by atoms with Crippen LogP contribution in [0.15, 0.2) is 29.2 Å². The number of amides is 1. The second-order valence-corrected chi connectivity index (χ2v) is 8.34. The molecule has 1 aromatic rings. The molecule has 2 saturated heterocycles. The normalized spacial score (nSPS) is 21.2. The van der Waals surface area contributed by atoms with E-state index >= 15 is 0 Å². The fourth-order valence-electron chi connectivity index (χ4n) is 3.90. The van der Waals surface area contributed by atoms with Gasteiger partial charge in [0.1, 0.15) is 0 Å². The minimum absolute atomic E-state index is 0.164. The Morgan fingerprint density at radius 2 is 1.79 bits per heavy atom. The molecule has 0 N–H and O–H groups in total. The van der Waals surface area contributed by atoms with Gasteiger partial charge in [-0.1, -0.05) is 0 Å². The lowest BCUT2D eigenvalue weighted by Crippen LogP contribution is -2.54. The number of benzene rings is 1. The SMILES string of the molecule is CCN1C(=O)CCC12CCN(S(=O)(=O)c1ccc(C#N)cc1)CC2. The second kappa shape index (κ2) is 6.19. The quantitative estimate of drug-likeness (QED) is 0.834. The zero-order valence-electron chi connectivity index (χ0n) is 13.7. The number of sulfonamides is 1. The van der Waals surface area contributed by atoms with Crippen LogP contribution in [0, 0.1) is 11.3 Å². The van der Waals surface area contributed by atoms with Gasteiger partial charge in [-0.05, 0) is 50.5 Å². The minimum Gasteiger partial charge on any atom is -0.337 e. The number of carbonyl (C=O) groups excluding carboxylic acids is 1. The van der Waals surface area contributed by atoms with Gasteiger partial charge in [-0.2, -0.15) is 9.57 Å². The second-order valence-electron chi connectivity index (χ2n) is 6.40. The lowest BCUT2D eigenvalue weighted by Gasteiger charge is -2.44. The summed E-state index contributed by atoms with van der Waals surface area (Å²) in [4.78, 5) is 14.2. The summed E-state index contributed by atoms with van der Waals surface area (Å²) < 4.78 is 27.0. The molecule has 0 unspecified atom stereocenters. The van der Waals surface area contributed by atoms with Gasteiger partial charge in [0.2, 0.25) is 15.9 Å². The highest BCUT2D eigenvalue weighted by atomic mass is 32.2. The first-order valence-electron chi connectivity index (χ1n) is 8.24. The van der Waals surface area contributed by atoms with E-state index in [0.717, 1.165) is 6.42 Å². The van der Waals surface area contributed by atoms with Crippen molar-refractivity contribution in [2.24, 2.45) is 0 Å². The van der Waals surface area contributed by atoms with Crippen molar-refractivity contribution in [3.63, 3.8) is 0 Å². The molecule has 2 heterocycles. The fourth-order valence-corrected chi connectivity index (χ4v) is 5.34. The van der Waals surface area contributed by atoms with Crippen LogP contribution in [-0.2, 0) is 14.8 Å². The third-order valence-corrected chi connectivity index (χ3v) is 7.18. The van der Waals surface area contributed by atoms with Crippen LogP contribution in [0.1, 0.15) is 38.2 Å². The van der Waals surface area contributed by atoms with Crippen LogP contribution in [0.25, 0.3) is 0 Å². The molecule has 2 aliphatic rings. The summed E-state index contributed by atoms with van der Waals surface area (Å²) in [6.07, 6.45) is 2.75. The van der Waals surface area contributed by atoms with Gasteiger partial charge in [0.15, 0.2) is 0 Å². The molecule has 2 aliphatic heterocycles. The Hall–Kier alpha value is -1.91. The van der Waals surface area contributed by atoms with Gasteiger partial charge in [0, 0.05) is 31.6 Å². The number of piperidine rings is 1. The number of nitriles is 1. The highest BCUT2D eigenvalue weighted by molar-refractivity contribution is 7.89. The summed E-state index contributed by atoms with van der Waals surface area (Å²) in [6, 6.07) is 7.99.